The van der Waals surface area contributed by atoms with Crippen molar-refractivity contribution >= 4 is 0 Å². The molecular weight excluding hydrogens is 274 g/mol. The lowest BCUT2D eigenvalue weighted by Crippen LogP contribution is -2.69. The summed E-state index contributed by atoms with van der Waals surface area (Å²) in [6, 6.07) is 12.5. The zero-order valence-electron chi connectivity index (χ0n) is 13.3. The Morgan fingerprint density at radius 3 is 2.59 bits per heavy atom. The minimum Gasteiger partial charge on any atom is -0.378 e. The quantitative estimate of drug-likeness (QED) is 0.911. The van der Waals surface area contributed by atoms with E-state index in [2.05, 4.69) is 45.4 Å². The van der Waals surface area contributed by atoms with Crippen LogP contribution in [0.25, 0.3) is 0 Å². The second-order valence-electron chi connectivity index (χ2n) is 6.85. The summed E-state index contributed by atoms with van der Waals surface area (Å²) in [7, 11) is 0. The molecule has 4 heteroatoms. The molecule has 4 rings (SSSR count). The van der Waals surface area contributed by atoms with E-state index in [0.717, 1.165) is 32.8 Å². The summed E-state index contributed by atoms with van der Waals surface area (Å²) in [6.07, 6.45) is 2.70. The first-order chi connectivity index (χ1) is 10.9. The van der Waals surface area contributed by atoms with Crippen LogP contribution in [0.15, 0.2) is 30.3 Å². The highest BCUT2D eigenvalue weighted by Gasteiger charge is 2.42. The fourth-order valence-electron chi connectivity index (χ4n) is 4.34. The Morgan fingerprint density at radius 1 is 1.00 bits per heavy atom. The molecule has 22 heavy (non-hydrogen) atoms. The summed E-state index contributed by atoms with van der Waals surface area (Å²) >= 11 is 0. The fourth-order valence-corrected chi connectivity index (χ4v) is 4.34. The van der Waals surface area contributed by atoms with Crippen LogP contribution in [-0.2, 0) is 11.3 Å². The van der Waals surface area contributed by atoms with Crippen LogP contribution in [0, 0.1) is 0 Å². The number of benzene rings is 1. The Kier molecular flexibility index (Phi) is 4.44. The molecule has 0 spiro atoms. The van der Waals surface area contributed by atoms with Gasteiger partial charge in [-0.1, -0.05) is 30.3 Å². The van der Waals surface area contributed by atoms with Gasteiger partial charge in [0.05, 0.1) is 19.3 Å². The molecule has 1 unspecified atom stereocenters. The van der Waals surface area contributed by atoms with Crippen molar-refractivity contribution in [3.8, 4) is 0 Å². The van der Waals surface area contributed by atoms with Crippen molar-refractivity contribution in [1.29, 1.82) is 0 Å². The van der Waals surface area contributed by atoms with Crippen molar-refractivity contribution in [3.05, 3.63) is 35.9 Å². The lowest BCUT2D eigenvalue weighted by Gasteiger charge is -2.50. The molecule has 4 nitrogen and oxygen atoms in total. The number of fused-ring (bicyclic) bond motifs is 1. The molecular formula is C18H27N3O. The van der Waals surface area contributed by atoms with Crippen LogP contribution >= 0.6 is 0 Å². The Labute approximate surface area is 133 Å². The first-order valence-corrected chi connectivity index (χ1v) is 8.75. The van der Waals surface area contributed by atoms with Crippen LogP contribution in [-0.4, -0.2) is 67.3 Å². The van der Waals surface area contributed by atoms with Crippen molar-refractivity contribution in [2.75, 3.05) is 39.4 Å². The molecule has 3 atom stereocenters. The highest BCUT2D eigenvalue weighted by Crippen LogP contribution is 2.25. The van der Waals surface area contributed by atoms with Crippen LogP contribution in [0.4, 0.5) is 0 Å². The number of nitrogens with zero attached hydrogens (tertiary/aromatic N) is 2. The molecule has 3 saturated heterocycles. The topological polar surface area (TPSA) is 27.7 Å². The van der Waals surface area contributed by atoms with Crippen LogP contribution in [0.2, 0.25) is 0 Å². The number of hydrogen-bond donors (Lipinski definition) is 1. The maximum absolute atomic E-state index is 6.01. The molecule has 3 aliphatic rings. The van der Waals surface area contributed by atoms with Gasteiger partial charge in [0.1, 0.15) is 0 Å². The number of hydrogen-bond acceptors (Lipinski definition) is 4. The monoisotopic (exact) mass is 301 g/mol. The second-order valence-corrected chi connectivity index (χ2v) is 6.85. The molecule has 0 radical (unpaired) electrons. The van der Waals surface area contributed by atoms with E-state index in [1.165, 1.54) is 31.5 Å². The Morgan fingerprint density at radius 2 is 1.77 bits per heavy atom. The molecule has 3 fully saturated rings. The third-order valence-electron chi connectivity index (χ3n) is 5.49. The normalized spacial score (nSPS) is 33.7. The maximum atomic E-state index is 6.01. The molecule has 0 amide bonds. The van der Waals surface area contributed by atoms with Crippen LogP contribution in [0.1, 0.15) is 18.4 Å². The summed E-state index contributed by atoms with van der Waals surface area (Å²) < 4.78 is 6.01. The van der Waals surface area contributed by atoms with E-state index in [1.807, 2.05) is 0 Å². The average Bonchev–Trinajstić information content (AvgIpc) is 3.10. The van der Waals surface area contributed by atoms with Crippen molar-refractivity contribution in [3.63, 3.8) is 0 Å². The van der Waals surface area contributed by atoms with Crippen LogP contribution in [0.3, 0.4) is 0 Å². The van der Waals surface area contributed by atoms with Crippen molar-refractivity contribution in [2.45, 2.75) is 37.5 Å². The number of likely N-dealkylation sites (tertiary alicyclic amines) is 1. The fraction of sp³-hybridized carbons (Fsp3) is 0.667. The lowest BCUT2D eigenvalue weighted by atomic mass is 9.93. The van der Waals surface area contributed by atoms with Crippen LogP contribution < -0.4 is 5.32 Å². The van der Waals surface area contributed by atoms with Gasteiger partial charge in [0, 0.05) is 31.7 Å². The van der Waals surface area contributed by atoms with Gasteiger partial charge in [-0.25, -0.2) is 0 Å². The molecule has 1 aromatic carbocycles. The average molecular weight is 301 g/mol. The SMILES string of the molecule is c1ccc(CN2CCN[C@H]3C2COC[C@@H]3N2CCCC2)cc1. The first kappa shape index (κ1) is 14.6. The Balaban J connectivity index is 1.48. The van der Waals surface area contributed by atoms with Gasteiger partial charge in [-0.3, -0.25) is 9.80 Å². The maximum Gasteiger partial charge on any atom is 0.0638 e. The van der Waals surface area contributed by atoms with E-state index in [9.17, 15) is 0 Å². The summed E-state index contributed by atoms with van der Waals surface area (Å²) in [5.41, 5.74) is 1.41. The van der Waals surface area contributed by atoms with E-state index in [4.69, 9.17) is 4.74 Å². The van der Waals surface area contributed by atoms with Gasteiger partial charge in [0.25, 0.3) is 0 Å². The standard InChI is InChI=1S/C18H27N3O/c1-2-6-15(7-3-1)12-21-11-8-19-18-16(13-22-14-17(18)21)20-9-4-5-10-20/h1-3,6-7,16-19H,4-5,8-14H2/t16-,17?,18+/m0/s1. The number of nitrogens with one attached hydrogen (secondary N) is 1. The van der Waals surface area contributed by atoms with Gasteiger partial charge >= 0.3 is 0 Å². The van der Waals surface area contributed by atoms with E-state index in [-0.39, 0.29) is 0 Å². The minimum atomic E-state index is 0.508. The van der Waals surface area contributed by atoms with E-state index < -0.39 is 0 Å². The largest absolute Gasteiger partial charge is 0.378 e. The molecule has 0 aliphatic carbocycles. The number of piperazine rings is 1. The third kappa shape index (κ3) is 2.93. The van der Waals surface area contributed by atoms with Gasteiger partial charge in [-0.2, -0.15) is 0 Å². The highest BCUT2D eigenvalue weighted by molar-refractivity contribution is 5.15. The summed E-state index contributed by atoms with van der Waals surface area (Å²) in [6.45, 7) is 7.52. The lowest BCUT2D eigenvalue weighted by molar-refractivity contribution is -0.0682. The number of ether oxygens (including phenoxy) is 1. The Hall–Kier alpha value is -0.940. The molecule has 1 N–H and O–H groups in total. The van der Waals surface area contributed by atoms with Crippen molar-refractivity contribution in [2.24, 2.45) is 0 Å². The second kappa shape index (κ2) is 6.67. The van der Waals surface area contributed by atoms with Crippen LogP contribution in [0.5, 0.6) is 0 Å². The predicted octanol–water partition coefficient (Wildman–Crippen LogP) is 1.32. The van der Waals surface area contributed by atoms with Gasteiger partial charge in [0.15, 0.2) is 0 Å². The van der Waals surface area contributed by atoms with Gasteiger partial charge in [0.2, 0.25) is 0 Å². The van der Waals surface area contributed by atoms with Gasteiger partial charge in [-0.05, 0) is 31.5 Å². The zero-order chi connectivity index (χ0) is 14.8. The summed E-state index contributed by atoms with van der Waals surface area (Å²) in [5.74, 6) is 0. The van der Waals surface area contributed by atoms with Crippen molar-refractivity contribution in [1.82, 2.24) is 15.1 Å². The zero-order valence-corrected chi connectivity index (χ0v) is 13.3. The summed E-state index contributed by atoms with van der Waals surface area (Å²) in [4.78, 5) is 5.27. The van der Waals surface area contributed by atoms with E-state index >= 15 is 0 Å². The van der Waals surface area contributed by atoms with E-state index in [0.29, 0.717) is 18.1 Å². The predicted molar refractivity (Wildman–Crippen MR) is 87.8 cm³/mol. The molecule has 0 aromatic heterocycles. The molecule has 0 saturated carbocycles. The Bertz CT molecular complexity index is 474. The minimum absolute atomic E-state index is 0.508. The molecule has 120 valence electrons. The molecule has 1 aromatic rings. The van der Waals surface area contributed by atoms with Gasteiger partial charge in [-0.15, -0.1) is 0 Å². The first-order valence-electron chi connectivity index (χ1n) is 8.75. The van der Waals surface area contributed by atoms with E-state index in [1.54, 1.807) is 0 Å². The highest BCUT2D eigenvalue weighted by atomic mass is 16.5. The molecule has 0 bridgehead atoms. The molecule has 3 heterocycles. The third-order valence-corrected chi connectivity index (χ3v) is 5.49. The van der Waals surface area contributed by atoms with Crippen molar-refractivity contribution < 1.29 is 4.74 Å². The van der Waals surface area contributed by atoms with Gasteiger partial charge < -0.3 is 10.1 Å². The number of rotatable bonds is 3. The molecule has 3 aliphatic heterocycles. The summed E-state index contributed by atoms with van der Waals surface area (Å²) in [5, 5.41) is 3.80. The smallest absolute Gasteiger partial charge is 0.0638 e.